The van der Waals surface area contributed by atoms with E-state index in [1.807, 2.05) is 6.92 Å². The van der Waals surface area contributed by atoms with Gasteiger partial charge in [0.05, 0.1) is 17.6 Å². The number of aryl methyl sites for hydroxylation is 1. The van der Waals surface area contributed by atoms with Crippen molar-refractivity contribution in [3.05, 3.63) is 53.7 Å². The van der Waals surface area contributed by atoms with Crippen LogP contribution in [0.2, 0.25) is 0 Å². The second-order valence-electron chi connectivity index (χ2n) is 6.00. The number of benzene rings is 1. The first-order valence-corrected chi connectivity index (χ1v) is 7.50. The van der Waals surface area contributed by atoms with Crippen LogP contribution in [0.5, 0.6) is 0 Å². The fourth-order valence-corrected chi connectivity index (χ4v) is 2.30. The van der Waals surface area contributed by atoms with Crippen LogP contribution in [0.4, 0.5) is 10.1 Å². The van der Waals surface area contributed by atoms with Crippen molar-refractivity contribution < 1.29 is 23.5 Å². The number of ether oxygens (including phenoxy) is 2. The quantitative estimate of drug-likeness (QED) is 0.523. The topological polar surface area (TPSA) is 82.5 Å². The minimum absolute atomic E-state index is 0.314. The molecule has 0 saturated carbocycles. The Morgan fingerprint density at radius 3 is 2.52 bits per heavy atom. The highest BCUT2D eigenvalue weighted by Crippen LogP contribution is 2.25. The molecule has 25 heavy (non-hydrogen) atoms. The molecule has 0 atom stereocenters. The molecule has 0 radical (unpaired) electrons. The third kappa shape index (κ3) is 3.52. The molecule has 2 aromatic rings. The van der Waals surface area contributed by atoms with Crippen LogP contribution >= 0.6 is 0 Å². The second-order valence-corrected chi connectivity index (χ2v) is 6.00. The molecule has 0 aliphatic carbocycles. The molecule has 0 spiro atoms. The van der Waals surface area contributed by atoms with Gasteiger partial charge in [0.15, 0.2) is 5.57 Å². The van der Waals surface area contributed by atoms with Gasteiger partial charge in [-0.15, -0.1) is 0 Å². The van der Waals surface area contributed by atoms with E-state index in [1.165, 1.54) is 32.0 Å². The van der Waals surface area contributed by atoms with Gasteiger partial charge in [-0.3, -0.25) is 0 Å². The van der Waals surface area contributed by atoms with Gasteiger partial charge in [-0.05, 0) is 30.7 Å². The molecule has 1 aromatic carbocycles. The van der Waals surface area contributed by atoms with Crippen LogP contribution in [0, 0.1) is 12.7 Å². The molecule has 2 heterocycles. The lowest BCUT2D eigenvalue weighted by molar-refractivity contribution is -0.222. The second kappa shape index (κ2) is 6.04. The Bertz CT molecular complexity index is 864. The van der Waals surface area contributed by atoms with E-state index in [-0.39, 0.29) is 5.57 Å². The molecule has 1 aliphatic rings. The first kappa shape index (κ1) is 16.7. The lowest BCUT2D eigenvalue weighted by Crippen LogP contribution is -2.42. The van der Waals surface area contributed by atoms with Crippen molar-refractivity contribution in [2.45, 2.75) is 26.6 Å². The van der Waals surface area contributed by atoms with Gasteiger partial charge in [0, 0.05) is 26.2 Å². The molecule has 1 saturated heterocycles. The van der Waals surface area contributed by atoms with Gasteiger partial charge < -0.3 is 14.8 Å². The molecule has 3 rings (SSSR count). The molecule has 7 nitrogen and oxygen atoms in total. The van der Waals surface area contributed by atoms with E-state index in [1.54, 1.807) is 17.1 Å². The summed E-state index contributed by atoms with van der Waals surface area (Å²) in [4.78, 5) is 23.9. The SMILES string of the molecule is Cc1cnn(-c2ccc(F)cc2NC=C2C(=O)OC(C)(C)OC2=O)c1. The molecule has 1 aromatic heterocycles. The highest BCUT2D eigenvalue weighted by Gasteiger charge is 2.39. The summed E-state index contributed by atoms with van der Waals surface area (Å²) in [5, 5.41) is 6.93. The maximum absolute atomic E-state index is 13.6. The Labute approximate surface area is 143 Å². The maximum Gasteiger partial charge on any atom is 0.350 e. The Kier molecular flexibility index (Phi) is 4.03. The average molecular weight is 345 g/mol. The molecule has 1 aliphatic heterocycles. The van der Waals surface area contributed by atoms with E-state index >= 15 is 0 Å². The van der Waals surface area contributed by atoms with Crippen molar-refractivity contribution in [1.82, 2.24) is 9.78 Å². The van der Waals surface area contributed by atoms with Gasteiger partial charge in [0.25, 0.3) is 5.79 Å². The normalized spacial score (nSPS) is 16.2. The molecule has 130 valence electrons. The van der Waals surface area contributed by atoms with Crippen molar-refractivity contribution in [2.75, 3.05) is 5.32 Å². The van der Waals surface area contributed by atoms with Crippen LogP contribution in [-0.4, -0.2) is 27.5 Å². The number of halogens is 1. The van der Waals surface area contributed by atoms with Gasteiger partial charge in [-0.2, -0.15) is 5.10 Å². The zero-order valence-electron chi connectivity index (χ0n) is 13.9. The number of nitrogens with zero attached hydrogens (tertiary/aromatic N) is 2. The monoisotopic (exact) mass is 345 g/mol. The number of hydrogen-bond donors (Lipinski definition) is 1. The van der Waals surface area contributed by atoms with Crippen LogP contribution in [0.25, 0.3) is 5.69 Å². The van der Waals surface area contributed by atoms with E-state index in [9.17, 15) is 14.0 Å². The zero-order chi connectivity index (χ0) is 18.2. The van der Waals surface area contributed by atoms with Gasteiger partial charge in [0.2, 0.25) is 0 Å². The summed E-state index contributed by atoms with van der Waals surface area (Å²) < 4.78 is 25.2. The third-order valence-corrected chi connectivity index (χ3v) is 3.41. The number of rotatable bonds is 3. The minimum atomic E-state index is -1.32. The molecule has 0 bridgehead atoms. The largest absolute Gasteiger partial charge is 0.419 e. The van der Waals surface area contributed by atoms with Gasteiger partial charge >= 0.3 is 11.9 Å². The number of carbonyl (C=O) groups excluding carboxylic acids is 2. The van der Waals surface area contributed by atoms with Gasteiger partial charge in [0.1, 0.15) is 5.82 Å². The summed E-state index contributed by atoms with van der Waals surface area (Å²) >= 11 is 0. The van der Waals surface area contributed by atoms with Gasteiger partial charge in [-0.25, -0.2) is 18.7 Å². The van der Waals surface area contributed by atoms with Crippen molar-refractivity contribution in [3.63, 3.8) is 0 Å². The lowest BCUT2D eigenvalue weighted by Gasteiger charge is -2.29. The summed E-state index contributed by atoms with van der Waals surface area (Å²) in [6, 6.07) is 4.05. The fraction of sp³-hybridized carbons (Fsp3) is 0.235. The predicted molar refractivity (Wildman–Crippen MR) is 86.2 cm³/mol. The summed E-state index contributed by atoms with van der Waals surface area (Å²) in [5.41, 5.74) is 1.48. The Hall–Kier alpha value is -3.16. The number of nitrogens with one attached hydrogen (secondary N) is 1. The van der Waals surface area contributed by atoms with Crippen LogP contribution in [-0.2, 0) is 19.1 Å². The molecule has 1 fully saturated rings. The summed E-state index contributed by atoms with van der Waals surface area (Å²) in [5.74, 6) is -3.44. The van der Waals surface area contributed by atoms with E-state index in [0.29, 0.717) is 11.4 Å². The first-order chi connectivity index (χ1) is 11.7. The zero-order valence-corrected chi connectivity index (χ0v) is 13.9. The summed E-state index contributed by atoms with van der Waals surface area (Å²) in [6.45, 7) is 4.79. The fourth-order valence-electron chi connectivity index (χ4n) is 2.30. The minimum Gasteiger partial charge on any atom is -0.419 e. The van der Waals surface area contributed by atoms with Crippen LogP contribution < -0.4 is 5.32 Å². The average Bonchev–Trinajstić information content (AvgIpc) is 2.91. The number of carbonyl (C=O) groups is 2. The Morgan fingerprint density at radius 2 is 1.92 bits per heavy atom. The lowest BCUT2D eigenvalue weighted by atomic mass is 10.2. The molecule has 0 amide bonds. The number of esters is 2. The smallest absolute Gasteiger partial charge is 0.350 e. The van der Waals surface area contributed by atoms with Crippen LogP contribution in [0.1, 0.15) is 19.4 Å². The molecule has 1 N–H and O–H groups in total. The summed E-state index contributed by atoms with van der Waals surface area (Å²) in [6.07, 6.45) is 4.55. The number of hydrogen-bond acceptors (Lipinski definition) is 6. The van der Waals surface area contributed by atoms with Crippen LogP contribution in [0.15, 0.2) is 42.4 Å². The molecule has 8 heteroatoms. The van der Waals surface area contributed by atoms with E-state index < -0.39 is 23.5 Å². The maximum atomic E-state index is 13.6. The number of cyclic esters (lactones) is 2. The van der Waals surface area contributed by atoms with Crippen molar-refractivity contribution >= 4 is 17.6 Å². The highest BCUT2D eigenvalue weighted by atomic mass is 19.1. The van der Waals surface area contributed by atoms with E-state index in [2.05, 4.69) is 10.4 Å². The van der Waals surface area contributed by atoms with Crippen molar-refractivity contribution in [1.29, 1.82) is 0 Å². The van der Waals surface area contributed by atoms with E-state index in [4.69, 9.17) is 9.47 Å². The van der Waals surface area contributed by atoms with Crippen LogP contribution in [0.3, 0.4) is 0 Å². The highest BCUT2D eigenvalue weighted by molar-refractivity contribution is 6.15. The molecular weight excluding hydrogens is 329 g/mol. The Balaban J connectivity index is 1.92. The first-order valence-electron chi connectivity index (χ1n) is 7.50. The number of anilines is 1. The standard InChI is InChI=1S/C17H16FN3O4/c1-10-7-20-21(9-10)14-5-4-11(18)6-13(14)19-8-12-15(22)24-17(2,3)25-16(12)23/h4-9,19H,1-3H3. The Morgan fingerprint density at radius 1 is 1.24 bits per heavy atom. The molecular formula is C17H16FN3O4. The summed E-state index contributed by atoms with van der Waals surface area (Å²) in [7, 11) is 0. The van der Waals surface area contributed by atoms with Crippen molar-refractivity contribution in [2.24, 2.45) is 0 Å². The van der Waals surface area contributed by atoms with Crippen molar-refractivity contribution in [3.8, 4) is 5.69 Å². The van der Waals surface area contributed by atoms with Gasteiger partial charge in [-0.1, -0.05) is 0 Å². The third-order valence-electron chi connectivity index (χ3n) is 3.41. The number of aromatic nitrogens is 2. The van der Waals surface area contributed by atoms with E-state index in [0.717, 1.165) is 11.8 Å². The predicted octanol–water partition coefficient (Wildman–Crippen LogP) is 2.45. The molecule has 0 unspecified atom stereocenters.